The minimum atomic E-state index is -0.961. The highest BCUT2D eigenvalue weighted by molar-refractivity contribution is 6.30. The van der Waals surface area contributed by atoms with Crippen LogP contribution in [0, 0.1) is 22.9 Å². The van der Waals surface area contributed by atoms with E-state index in [1.165, 1.54) is 18.2 Å². The maximum Gasteiger partial charge on any atom is 0.258 e. The predicted molar refractivity (Wildman–Crippen MR) is 102 cm³/mol. The highest BCUT2D eigenvalue weighted by Gasteiger charge is 2.72. The lowest BCUT2D eigenvalue weighted by Crippen LogP contribution is -2.78. The molecule has 2 amide bonds. The summed E-state index contributed by atoms with van der Waals surface area (Å²) < 4.78 is 44.9. The van der Waals surface area contributed by atoms with Crippen LogP contribution in [0.3, 0.4) is 0 Å². The van der Waals surface area contributed by atoms with E-state index < -0.39 is 28.4 Å². The van der Waals surface area contributed by atoms with Crippen LogP contribution in [0.4, 0.5) is 13.2 Å². The van der Waals surface area contributed by atoms with Gasteiger partial charge in [-0.2, -0.15) is 0 Å². The molecule has 158 valence electrons. The smallest absolute Gasteiger partial charge is 0.258 e. The maximum absolute atomic E-state index is 13.4. The lowest BCUT2D eigenvalue weighted by molar-refractivity contribution is -0.184. The number of halogens is 4. The number of ether oxygens (including phenoxy) is 1. The van der Waals surface area contributed by atoms with Gasteiger partial charge in [-0.25, -0.2) is 13.2 Å². The van der Waals surface area contributed by atoms with Crippen LogP contribution in [0.1, 0.15) is 24.8 Å². The second-order valence-electron chi connectivity index (χ2n) is 7.93. The fraction of sp³-hybridized carbons (Fsp3) is 0.333. The minimum absolute atomic E-state index is 0.0335. The molecule has 0 aliphatic heterocycles. The van der Waals surface area contributed by atoms with Crippen molar-refractivity contribution in [1.82, 2.24) is 10.6 Å². The van der Waals surface area contributed by atoms with Crippen molar-refractivity contribution in [2.24, 2.45) is 5.41 Å². The molecule has 3 fully saturated rings. The number of benzene rings is 2. The fourth-order valence-electron chi connectivity index (χ4n) is 4.23. The molecule has 0 aromatic heterocycles. The third kappa shape index (κ3) is 3.84. The minimum Gasteiger partial charge on any atom is -0.484 e. The summed E-state index contributed by atoms with van der Waals surface area (Å²) in [6.45, 7) is -0.180. The van der Waals surface area contributed by atoms with Gasteiger partial charge in [0.2, 0.25) is 5.91 Å². The van der Waals surface area contributed by atoms with Crippen molar-refractivity contribution in [3.63, 3.8) is 0 Å². The van der Waals surface area contributed by atoms with Crippen LogP contribution in [0.2, 0.25) is 5.02 Å². The fourth-order valence-corrected chi connectivity index (χ4v) is 4.35. The molecule has 2 bridgehead atoms. The Bertz CT molecular complexity index is 1010. The van der Waals surface area contributed by atoms with Crippen molar-refractivity contribution in [3.8, 4) is 5.75 Å². The van der Waals surface area contributed by atoms with E-state index in [0.717, 1.165) is 18.2 Å². The molecule has 0 unspecified atom stereocenters. The van der Waals surface area contributed by atoms with Crippen molar-refractivity contribution in [1.29, 1.82) is 0 Å². The lowest BCUT2D eigenvalue weighted by Gasteiger charge is -2.69. The molecule has 0 spiro atoms. The Labute approximate surface area is 175 Å². The van der Waals surface area contributed by atoms with Crippen LogP contribution in [-0.4, -0.2) is 24.0 Å². The van der Waals surface area contributed by atoms with Gasteiger partial charge >= 0.3 is 0 Å². The highest BCUT2D eigenvalue weighted by atomic mass is 35.5. The number of hydrogen-bond donors (Lipinski definition) is 2. The molecule has 0 radical (unpaired) electrons. The van der Waals surface area contributed by atoms with Gasteiger partial charge in [-0.15, -0.1) is 0 Å². The third-order valence-corrected chi connectivity index (χ3v) is 5.92. The molecule has 2 N–H and O–H groups in total. The second-order valence-corrected chi connectivity index (χ2v) is 8.34. The zero-order valence-electron chi connectivity index (χ0n) is 15.7. The van der Waals surface area contributed by atoms with Crippen LogP contribution >= 0.6 is 11.6 Å². The Balaban J connectivity index is 1.22. The molecule has 3 aliphatic carbocycles. The summed E-state index contributed by atoms with van der Waals surface area (Å²) in [7, 11) is 0. The van der Waals surface area contributed by atoms with Crippen LogP contribution < -0.4 is 15.4 Å². The molecule has 3 saturated carbocycles. The SMILES string of the molecule is O=C(COc1ccc(Cl)c(F)c1)NC12CC(C(=O)NCc3ccc(F)c(F)c3)(C1)C2. The van der Waals surface area contributed by atoms with E-state index in [-0.39, 0.29) is 35.7 Å². The van der Waals surface area contributed by atoms with Crippen LogP contribution in [0.25, 0.3) is 0 Å². The number of carbonyl (C=O) groups is 2. The maximum atomic E-state index is 13.4. The first-order chi connectivity index (χ1) is 14.2. The molecule has 5 nitrogen and oxygen atoms in total. The van der Waals surface area contributed by atoms with E-state index in [9.17, 15) is 22.8 Å². The number of nitrogens with one attached hydrogen (secondary N) is 2. The predicted octanol–water partition coefficient (Wildman–Crippen LogP) is 3.49. The van der Waals surface area contributed by atoms with Gasteiger partial charge in [0.25, 0.3) is 5.91 Å². The van der Waals surface area contributed by atoms with E-state index in [4.69, 9.17) is 16.3 Å². The largest absolute Gasteiger partial charge is 0.484 e. The van der Waals surface area contributed by atoms with Gasteiger partial charge in [-0.05, 0) is 49.1 Å². The second kappa shape index (κ2) is 7.50. The third-order valence-electron chi connectivity index (χ3n) is 5.61. The zero-order valence-corrected chi connectivity index (χ0v) is 16.5. The van der Waals surface area contributed by atoms with E-state index in [1.54, 1.807) is 0 Å². The summed E-state index contributed by atoms with van der Waals surface area (Å²) in [6.07, 6.45) is 1.51. The Hall–Kier alpha value is -2.74. The summed E-state index contributed by atoms with van der Waals surface area (Å²) >= 11 is 5.60. The van der Waals surface area contributed by atoms with Crippen LogP contribution in [-0.2, 0) is 16.1 Å². The van der Waals surface area contributed by atoms with E-state index >= 15 is 0 Å². The van der Waals surface area contributed by atoms with Crippen molar-refractivity contribution in [2.45, 2.75) is 31.3 Å². The number of amides is 2. The number of carbonyl (C=O) groups excluding carboxylic acids is 2. The molecular weight excluding hydrogens is 421 g/mol. The summed E-state index contributed by atoms with van der Waals surface area (Å²) in [5.74, 6) is -2.87. The molecule has 30 heavy (non-hydrogen) atoms. The highest BCUT2D eigenvalue weighted by Crippen LogP contribution is 2.67. The first-order valence-corrected chi connectivity index (χ1v) is 9.69. The van der Waals surface area contributed by atoms with Gasteiger partial charge < -0.3 is 15.4 Å². The average molecular weight is 439 g/mol. The topological polar surface area (TPSA) is 67.4 Å². The summed E-state index contributed by atoms with van der Waals surface area (Å²) in [4.78, 5) is 24.6. The monoisotopic (exact) mass is 438 g/mol. The Morgan fingerprint density at radius 1 is 1.00 bits per heavy atom. The molecule has 0 atom stereocenters. The van der Waals surface area contributed by atoms with Gasteiger partial charge in [0.05, 0.1) is 10.4 Å². The molecule has 2 aromatic carbocycles. The van der Waals surface area contributed by atoms with E-state index in [0.29, 0.717) is 24.8 Å². The normalized spacial score (nSPS) is 23.7. The molecule has 3 aliphatic rings. The van der Waals surface area contributed by atoms with Crippen molar-refractivity contribution in [2.75, 3.05) is 6.61 Å². The van der Waals surface area contributed by atoms with Crippen molar-refractivity contribution >= 4 is 23.4 Å². The summed E-state index contributed by atoms with van der Waals surface area (Å²) in [5, 5.41) is 5.57. The van der Waals surface area contributed by atoms with E-state index in [1.807, 2.05) is 0 Å². The van der Waals surface area contributed by atoms with Crippen LogP contribution in [0.5, 0.6) is 5.75 Å². The molecular formula is C21H18ClF3N2O3. The standard InChI is InChI=1S/C21H18ClF3N2O3/c22-14-3-2-13(6-16(14)24)30-8-18(28)27-21-9-20(10-21,11-21)19(29)26-7-12-1-4-15(23)17(25)5-12/h1-6H,7-11H2,(H,26,29)(H,27,28). The van der Waals surface area contributed by atoms with Crippen LogP contribution in [0.15, 0.2) is 36.4 Å². The van der Waals surface area contributed by atoms with E-state index in [2.05, 4.69) is 10.6 Å². The van der Waals surface area contributed by atoms with Gasteiger partial charge in [-0.3, -0.25) is 9.59 Å². The van der Waals surface area contributed by atoms with Gasteiger partial charge in [0.1, 0.15) is 11.6 Å². The van der Waals surface area contributed by atoms with Gasteiger partial charge in [0, 0.05) is 18.2 Å². The average Bonchev–Trinajstić information content (AvgIpc) is 2.65. The molecule has 0 saturated heterocycles. The molecule has 2 aromatic rings. The Morgan fingerprint density at radius 3 is 2.40 bits per heavy atom. The zero-order chi connectivity index (χ0) is 21.5. The molecule has 5 rings (SSSR count). The Morgan fingerprint density at radius 2 is 1.73 bits per heavy atom. The Kier molecular flexibility index (Phi) is 5.13. The quantitative estimate of drug-likeness (QED) is 0.695. The van der Waals surface area contributed by atoms with Gasteiger partial charge in [0.15, 0.2) is 18.2 Å². The first kappa shape index (κ1) is 20.5. The van der Waals surface area contributed by atoms with Crippen molar-refractivity contribution < 1.29 is 27.5 Å². The number of rotatable bonds is 7. The van der Waals surface area contributed by atoms with Gasteiger partial charge in [-0.1, -0.05) is 17.7 Å². The molecule has 0 heterocycles. The lowest BCUT2D eigenvalue weighted by atomic mass is 9.39. The first-order valence-electron chi connectivity index (χ1n) is 9.32. The summed E-state index contributed by atoms with van der Waals surface area (Å²) in [5.41, 5.74) is -0.496. The summed E-state index contributed by atoms with van der Waals surface area (Å²) in [6, 6.07) is 7.38. The number of hydrogen-bond acceptors (Lipinski definition) is 3. The molecule has 9 heteroatoms. The van der Waals surface area contributed by atoms with Crippen molar-refractivity contribution in [3.05, 3.63) is 64.4 Å².